The van der Waals surface area contributed by atoms with E-state index in [1.807, 2.05) is 0 Å². The van der Waals surface area contributed by atoms with Gasteiger partial charge in [-0.3, -0.25) is 9.69 Å². The summed E-state index contributed by atoms with van der Waals surface area (Å²) in [4.78, 5) is 14.0. The van der Waals surface area contributed by atoms with Crippen LogP contribution in [0, 0.1) is 0 Å². The first kappa shape index (κ1) is 20.7. The van der Waals surface area contributed by atoms with E-state index in [0.717, 1.165) is 0 Å². The summed E-state index contributed by atoms with van der Waals surface area (Å²) in [7, 11) is 1.62. The van der Waals surface area contributed by atoms with Crippen molar-refractivity contribution in [2.45, 2.75) is 13.0 Å². The lowest BCUT2D eigenvalue weighted by Crippen LogP contribution is -2.32. The van der Waals surface area contributed by atoms with Crippen LogP contribution < -0.4 is 10.1 Å². The number of carbonyl (C=O) groups excluding carboxylic acids is 1. The molecule has 1 aromatic carbocycles. The average Bonchev–Trinajstić information content (AvgIpc) is 3.20. The first-order chi connectivity index (χ1) is 13.5. The minimum Gasteiger partial charge on any atom is -0.484 e. The molecule has 0 saturated carbocycles. The lowest BCUT2D eigenvalue weighted by Gasteiger charge is -2.12. The highest BCUT2D eigenvalue weighted by atomic mass is 35.5. The topological polar surface area (TPSA) is 63.9 Å². The molecule has 0 aliphatic carbocycles. The summed E-state index contributed by atoms with van der Waals surface area (Å²) < 4.78 is 16.4. The number of amides is 1. The van der Waals surface area contributed by atoms with Crippen LogP contribution in [0.1, 0.15) is 17.9 Å². The fourth-order valence-corrected chi connectivity index (χ4v) is 3.32. The normalized spacial score (nSPS) is 15.4. The number of thiocarbonyl (C=S) groups is 1. The van der Waals surface area contributed by atoms with Gasteiger partial charge in [-0.25, -0.2) is 0 Å². The van der Waals surface area contributed by atoms with Crippen molar-refractivity contribution in [1.29, 1.82) is 0 Å². The van der Waals surface area contributed by atoms with E-state index in [2.05, 4.69) is 5.32 Å². The molecule has 1 N–H and O–H groups in total. The second kappa shape index (κ2) is 9.43. The maximum atomic E-state index is 12.5. The lowest BCUT2D eigenvalue weighted by atomic mass is 10.3. The van der Waals surface area contributed by atoms with Gasteiger partial charge >= 0.3 is 0 Å². The van der Waals surface area contributed by atoms with Gasteiger partial charge in [-0.05, 0) is 49.0 Å². The van der Waals surface area contributed by atoms with Crippen molar-refractivity contribution in [3.05, 3.63) is 57.6 Å². The minimum absolute atomic E-state index is 0.188. The van der Waals surface area contributed by atoms with Gasteiger partial charge in [-0.2, -0.15) is 0 Å². The van der Waals surface area contributed by atoms with Crippen LogP contribution in [-0.2, 0) is 16.1 Å². The van der Waals surface area contributed by atoms with Gasteiger partial charge in [0, 0.05) is 31.4 Å². The number of hydrogen-bond acceptors (Lipinski definition) is 5. The summed E-state index contributed by atoms with van der Waals surface area (Å²) in [5.41, 5.74) is 0.366. The van der Waals surface area contributed by atoms with Crippen molar-refractivity contribution in [1.82, 2.24) is 10.2 Å². The fourth-order valence-electron chi connectivity index (χ4n) is 2.57. The van der Waals surface area contributed by atoms with Gasteiger partial charge < -0.3 is 19.2 Å². The molecule has 0 bridgehead atoms. The molecule has 6 nitrogen and oxygen atoms in total. The highest BCUT2D eigenvalue weighted by Gasteiger charge is 2.30. The Labute approximate surface area is 178 Å². The Hall–Kier alpha value is -2.06. The van der Waals surface area contributed by atoms with E-state index in [-0.39, 0.29) is 12.5 Å². The molecule has 28 heavy (non-hydrogen) atoms. The first-order valence-electron chi connectivity index (χ1n) is 8.48. The molecule has 3 rings (SSSR count). The number of halogens is 2. The van der Waals surface area contributed by atoms with Gasteiger partial charge in [0.2, 0.25) is 0 Å². The number of nitrogens with zero attached hydrogens (tertiary/aromatic N) is 1. The second-order valence-electron chi connectivity index (χ2n) is 5.96. The maximum absolute atomic E-state index is 12.5. The van der Waals surface area contributed by atoms with Gasteiger partial charge in [0.15, 0.2) is 5.11 Å². The van der Waals surface area contributed by atoms with Crippen molar-refractivity contribution in [3.63, 3.8) is 0 Å². The summed E-state index contributed by atoms with van der Waals surface area (Å²) in [6.07, 6.45) is 2.32. The number of hydrogen-bond donors (Lipinski definition) is 1. The van der Waals surface area contributed by atoms with Crippen molar-refractivity contribution in [3.8, 4) is 5.75 Å². The minimum atomic E-state index is -0.191. The van der Waals surface area contributed by atoms with Gasteiger partial charge in [0.1, 0.15) is 29.6 Å². The fraction of sp³-hybridized carbons (Fsp3) is 0.263. The molecule has 1 aliphatic rings. The smallest absolute Gasteiger partial charge is 0.276 e. The zero-order chi connectivity index (χ0) is 20.1. The molecule has 0 radical (unpaired) electrons. The largest absolute Gasteiger partial charge is 0.484 e. The zero-order valence-electron chi connectivity index (χ0n) is 15.0. The van der Waals surface area contributed by atoms with E-state index < -0.39 is 0 Å². The van der Waals surface area contributed by atoms with Crippen LogP contribution in [0.15, 0.2) is 40.4 Å². The van der Waals surface area contributed by atoms with E-state index in [0.29, 0.717) is 57.7 Å². The third-order valence-corrected chi connectivity index (χ3v) is 4.78. The molecule has 1 saturated heterocycles. The van der Waals surface area contributed by atoms with Gasteiger partial charge in [-0.1, -0.05) is 23.2 Å². The van der Waals surface area contributed by atoms with E-state index >= 15 is 0 Å². The van der Waals surface area contributed by atoms with Gasteiger partial charge in [0.25, 0.3) is 5.91 Å². The Morgan fingerprint density at radius 2 is 2.11 bits per heavy atom. The van der Waals surface area contributed by atoms with Crippen LogP contribution >= 0.6 is 35.4 Å². The molecule has 2 aromatic rings. The van der Waals surface area contributed by atoms with E-state index in [1.165, 1.54) is 4.90 Å². The number of benzene rings is 1. The average molecular weight is 441 g/mol. The van der Waals surface area contributed by atoms with Crippen molar-refractivity contribution in [2.24, 2.45) is 0 Å². The van der Waals surface area contributed by atoms with Crippen molar-refractivity contribution < 1.29 is 18.7 Å². The Kier molecular flexibility index (Phi) is 6.96. The third-order valence-electron chi connectivity index (χ3n) is 3.93. The summed E-state index contributed by atoms with van der Waals surface area (Å²) >= 11 is 17.2. The van der Waals surface area contributed by atoms with Crippen LogP contribution in [0.2, 0.25) is 10.0 Å². The lowest BCUT2D eigenvalue weighted by molar-refractivity contribution is -0.122. The Morgan fingerprint density at radius 3 is 2.86 bits per heavy atom. The number of nitrogens with one attached hydrogen (secondary N) is 1. The van der Waals surface area contributed by atoms with Crippen LogP contribution in [0.4, 0.5) is 0 Å². The standard InChI is InChI=1S/C19H18Cl2N2O4S/c1-25-8-2-7-23-18(24)16(22-19(23)28)10-13-4-5-14(27-13)11-26-17-6-3-12(20)9-15(17)21/h3-6,9-10H,2,7-8,11H2,1H3,(H,22,28)/b16-10+. The highest BCUT2D eigenvalue weighted by molar-refractivity contribution is 7.80. The second-order valence-corrected chi connectivity index (χ2v) is 7.19. The van der Waals surface area contributed by atoms with E-state index in [9.17, 15) is 4.79 Å². The Morgan fingerprint density at radius 1 is 1.29 bits per heavy atom. The molecule has 148 valence electrons. The molecule has 9 heteroatoms. The highest BCUT2D eigenvalue weighted by Crippen LogP contribution is 2.28. The quantitative estimate of drug-likeness (QED) is 0.375. The number of carbonyl (C=O) groups is 1. The number of rotatable bonds is 8. The predicted octanol–water partition coefficient (Wildman–Crippen LogP) is 4.26. The Balaban J connectivity index is 1.62. The summed E-state index contributed by atoms with van der Waals surface area (Å²) in [5, 5.41) is 4.25. The van der Waals surface area contributed by atoms with Crippen LogP contribution in [0.25, 0.3) is 6.08 Å². The van der Waals surface area contributed by atoms with Gasteiger partial charge in [-0.15, -0.1) is 0 Å². The maximum Gasteiger partial charge on any atom is 0.276 e. The van der Waals surface area contributed by atoms with E-state index in [1.54, 1.807) is 43.5 Å². The molecule has 1 aromatic heterocycles. The molecule has 1 aliphatic heterocycles. The number of methoxy groups -OCH3 is 1. The molecular formula is C19H18Cl2N2O4S. The zero-order valence-corrected chi connectivity index (χ0v) is 17.4. The van der Waals surface area contributed by atoms with Gasteiger partial charge in [0.05, 0.1) is 5.02 Å². The summed E-state index contributed by atoms with van der Waals surface area (Å²) in [5.74, 6) is 1.41. The van der Waals surface area contributed by atoms with E-state index in [4.69, 9.17) is 49.3 Å². The van der Waals surface area contributed by atoms with Crippen LogP contribution in [-0.4, -0.2) is 36.2 Å². The molecule has 1 amide bonds. The number of ether oxygens (including phenoxy) is 2. The van der Waals surface area contributed by atoms with Crippen molar-refractivity contribution >= 4 is 52.5 Å². The molecular weight excluding hydrogens is 423 g/mol. The van der Waals surface area contributed by atoms with Crippen molar-refractivity contribution in [2.75, 3.05) is 20.3 Å². The number of furan rings is 1. The third kappa shape index (κ3) is 5.05. The van der Waals surface area contributed by atoms with Crippen LogP contribution in [0.3, 0.4) is 0 Å². The monoisotopic (exact) mass is 440 g/mol. The summed E-state index contributed by atoms with van der Waals surface area (Å²) in [6, 6.07) is 8.51. The van der Waals surface area contributed by atoms with Crippen LogP contribution in [0.5, 0.6) is 5.75 Å². The molecule has 2 heterocycles. The summed E-state index contributed by atoms with van der Waals surface area (Å²) in [6.45, 7) is 1.24. The SMILES string of the molecule is COCCCN1C(=O)/C(=C\c2ccc(COc3ccc(Cl)cc3Cl)o2)NC1=S. The first-order valence-corrected chi connectivity index (χ1v) is 9.64. The molecule has 0 spiro atoms. The Bertz CT molecular complexity index is 913. The molecule has 0 atom stereocenters. The predicted molar refractivity (Wildman–Crippen MR) is 111 cm³/mol. The molecule has 0 unspecified atom stereocenters. The molecule has 1 fully saturated rings.